The molecule has 3 nitrogen and oxygen atoms in total. The van der Waals surface area contributed by atoms with Crippen LogP contribution in [0.5, 0.6) is 5.75 Å². The summed E-state index contributed by atoms with van der Waals surface area (Å²) in [6, 6.07) is 8.22. The van der Waals surface area contributed by atoms with Crippen LogP contribution in [0.4, 0.5) is 0 Å². The van der Waals surface area contributed by atoms with Crippen LogP contribution >= 0.6 is 0 Å². The molecule has 1 unspecified atom stereocenters. The molecule has 1 aromatic rings. The van der Waals surface area contributed by atoms with Crippen LogP contribution in [0.25, 0.3) is 0 Å². The third-order valence-electron chi connectivity index (χ3n) is 4.37. The monoisotopic (exact) mass is 277 g/mol. The van der Waals surface area contributed by atoms with E-state index in [4.69, 9.17) is 4.74 Å². The minimum absolute atomic E-state index is 0.438. The molecule has 0 saturated heterocycles. The summed E-state index contributed by atoms with van der Waals surface area (Å²) in [5.41, 5.74) is 0.826. The molecule has 1 saturated carbocycles. The van der Waals surface area contributed by atoms with Crippen molar-refractivity contribution in [3.05, 3.63) is 29.8 Å². The zero-order valence-corrected chi connectivity index (χ0v) is 12.7. The number of hydrogen-bond acceptors (Lipinski definition) is 3. The molecule has 1 aromatic carbocycles. The van der Waals surface area contributed by atoms with E-state index in [1.54, 1.807) is 7.11 Å². The predicted octanol–water partition coefficient (Wildman–Crippen LogP) is 3.08. The molecule has 1 fully saturated rings. The molecule has 1 atom stereocenters. The second kappa shape index (κ2) is 7.09. The largest absolute Gasteiger partial charge is 0.497 e. The highest BCUT2D eigenvalue weighted by Crippen LogP contribution is 2.27. The maximum atomic E-state index is 10.4. The Kier molecular flexibility index (Phi) is 5.44. The van der Waals surface area contributed by atoms with Crippen molar-refractivity contribution in [1.82, 2.24) is 5.32 Å². The van der Waals surface area contributed by atoms with Crippen molar-refractivity contribution in [3.8, 4) is 5.75 Å². The number of rotatable bonds is 6. The summed E-state index contributed by atoms with van der Waals surface area (Å²) in [6.07, 6.45) is 5.47. The van der Waals surface area contributed by atoms with E-state index in [1.165, 1.54) is 12.0 Å². The van der Waals surface area contributed by atoms with Crippen LogP contribution in [0.1, 0.15) is 50.5 Å². The van der Waals surface area contributed by atoms with E-state index in [0.717, 1.165) is 38.0 Å². The first-order chi connectivity index (χ1) is 9.63. The fourth-order valence-corrected chi connectivity index (χ4v) is 2.96. The van der Waals surface area contributed by atoms with Gasteiger partial charge in [-0.2, -0.15) is 0 Å². The van der Waals surface area contributed by atoms with E-state index in [9.17, 15) is 5.11 Å². The van der Waals surface area contributed by atoms with Gasteiger partial charge in [-0.15, -0.1) is 0 Å². The lowest BCUT2D eigenvalue weighted by molar-refractivity contribution is 0.00489. The van der Waals surface area contributed by atoms with Gasteiger partial charge in [-0.25, -0.2) is 0 Å². The third-order valence-corrected chi connectivity index (χ3v) is 4.37. The standard InChI is InChI=1S/C17H27NO2/c1-14(15-6-8-16(20-2)9-7-15)12-18-13-17(19)10-4-3-5-11-17/h6-9,14,18-19H,3-5,10-13H2,1-2H3. The highest BCUT2D eigenvalue weighted by molar-refractivity contribution is 5.29. The maximum absolute atomic E-state index is 10.4. The van der Waals surface area contributed by atoms with Crippen molar-refractivity contribution >= 4 is 0 Å². The fourth-order valence-electron chi connectivity index (χ4n) is 2.96. The normalized spacial score (nSPS) is 19.6. The summed E-state index contributed by atoms with van der Waals surface area (Å²) in [5, 5.41) is 13.9. The molecule has 0 aliphatic heterocycles. The van der Waals surface area contributed by atoms with Crippen LogP contribution in [-0.4, -0.2) is 30.9 Å². The predicted molar refractivity (Wildman–Crippen MR) is 82.3 cm³/mol. The first-order valence-electron chi connectivity index (χ1n) is 7.70. The molecule has 0 bridgehead atoms. The first kappa shape index (κ1) is 15.3. The molecule has 1 aliphatic rings. The van der Waals surface area contributed by atoms with Gasteiger partial charge in [0, 0.05) is 13.1 Å². The van der Waals surface area contributed by atoms with Crippen LogP contribution in [-0.2, 0) is 0 Å². The van der Waals surface area contributed by atoms with Gasteiger partial charge in [0.05, 0.1) is 12.7 Å². The van der Waals surface area contributed by atoms with E-state index >= 15 is 0 Å². The van der Waals surface area contributed by atoms with Gasteiger partial charge in [0.25, 0.3) is 0 Å². The number of benzene rings is 1. The molecule has 2 N–H and O–H groups in total. The van der Waals surface area contributed by atoms with Crippen molar-refractivity contribution in [2.45, 2.75) is 50.5 Å². The molecule has 0 heterocycles. The lowest BCUT2D eigenvalue weighted by Gasteiger charge is -2.32. The van der Waals surface area contributed by atoms with Crippen molar-refractivity contribution in [3.63, 3.8) is 0 Å². The van der Waals surface area contributed by atoms with E-state index < -0.39 is 5.60 Å². The van der Waals surface area contributed by atoms with Crippen LogP contribution < -0.4 is 10.1 Å². The molecule has 0 aromatic heterocycles. The zero-order chi connectivity index (χ0) is 14.4. The molecule has 0 spiro atoms. The molecular formula is C17H27NO2. The minimum atomic E-state index is -0.474. The molecule has 3 heteroatoms. The molecule has 2 rings (SSSR count). The topological polar surface area (TPSA) is 41.5 Å². The molecule has 112 valence electrons. The van der Waals surface area contributed by atoms with Gasteiger partial charge < -0.3 is 15.2 Å². The number of ether oxygens (including phenoxy) is 1. The van der Waals surface area contributed by atoms with E-state index in [1.807, 2.05) is 12.1 Å². The van der Waals surface area contributed by atoms with Gasteiger partial charge >= 0.3 is 0 Å². The molecule has 1 aliphatic carbocycles. The molecule has 0 radical (unpaired) electrons. The van der Waals surface area contributed by atoms with Crippen LogP contribution in [0.15, 0.2) is 24.3 Å². The van der Waals surface area contributed by atoms with Crippen molar-refractivity contribution in [1.29, 1.82) is 0 Å². The second-order valence-electron chi connectivity index (χ2n) is 6.09. The lowest BCUT2D eigenvalue weighted by Crippen LogP contribution is -2.43. The summed E-state index contributed by atoms with van der Waals surface area (Å²) >= 11 is 0. The van der Waals surface area contributed by atoms with Gasteiger partial charge in [-0.1, -0.05) is 38.3 Å². The average molecular weight is 277 g/mol. The Balaban J connectivity index is 1.77. The summed E-state index contributed by atoms with van der Waals surface area (Å²) in [4.78, 5) is 0. The van der Waals surface area contributed by atoms with Crippen LogP contribution in [0.3, 0.4) is 0 Å². The van der Waals surface area contributed by atoms with E-state index in [-0.39, 0.29) is 0 Å². The number of nitrogens with one attached hydrogen (secondary N) is 1. The molecule has 0 amide bonds. The van der Waals surface area contributed by atoms with Gasteiger partial charge in [0.1, 0.15) is 5.75 Å². The number of methoxy groups -OCH3 is 1. The van der Waals surface area contributed by atoms with E-state index in [2.05, 4.69) is 24.4 Å². The highest BCUT2D eigenvalue weighted by Gasteiger charge is 2.28. The summed E-state index contributed by atoms with van der Waals surface area (Å²) in [7, 11) is 1.69. The fraction of sp³-hybridized carbons (Fsp3) is 0.647. The Morgan fingerprint density at radius 1 is 1.20 bits per heavy atom. The summed E-state index contributed by atoms with van der Waals surface area (Å²) < 4.78 is 5.17. The minimum Gasteiger partial charge on any atom is -0.497 e. The van der Waals surface area contributed by atoms with Gasteiger partial charge in [0.2, 0.25) is 0 Å². The Hall–Kier alpha value is -1.06. The number of aliphatic hydroxyl groups is 1. The average Bonchev–Trinajstić information content (AvgIpc) is 2.48. The smallest absolute Gasteiger partial charge is 0.118 e. The molecular weight excluding hydrogens is 250 g/mol. The summed E-state index contributed by atoms with van der Waals surface area (Å²) in [6.45, 7) is 3.82. The zero-order valence-electron chi connectivity index (χ0n) is 12.7. The van der Waals surface area contributed by atoms with Gasteiger partial charge in [0.15, 0.2) is 0 Å². The van der Waals surface area contributed by atoms with Crippen molar-refractivity contribution in [2.75, 3.05) is 20.2 Å². The molecule has 20 heavy (non-hydrogen) atoms. The lowest BCUT2D eigenvalue weighted by atomic mass is 9.85. The van der Waals surface area contributed by atoms with E-state index in [0.29, 0.717) is 12.5 Å². The Morgan fingerprint density at radius 2 is 1.85 bits per heavy atom. The maximum Gasteiger partial charge on any atom is 0.118 e. The highest BCUT2D eigenvalue weighted by atomic mass is 16.5. The van der Waals surface area contributed by atoms with Crippen LogP contribution in [0.2, 0.25) is 0 Å². The number of hydrogen-bond donors (Lipinski definition) is 2. The Bertz CT molecular complexity index is 396. The Labute approximate surface area is 122 Å². The van der Waals surface area contributed by atoms with Gasteiger partial charge in [-0.3, -0.25) is 0 Å². The van der Waals surface area contributed by atoms with Crippen molar-refractivity contribution < 1.29 is 9.84 Å². The quantitative estimate of drug-likeness (QED) is 0.839. The summed E-state index contributed by atoms with van der Waals surface area (Å²) in [5.74, 6) is 1.33. The van der Waals surface area contributed by atoms with Crippen molar-refractivity contribution in [2.24, 2.45) is 0 Å². The first-order valence-corrected chi connectivity index (χ1v) is 7.70. The Morgan fingerprint density at radius 3 is 2.45 bits per heavy atom. The second-order valence-corrected chi connectivity index (χ2v) is 6.09. The third kappa shape index (κ3) is 4.22. The van der Waals surface area contributed by atoms with Gasteiger partial charge in [-0.05, 0) is 36.5 Å². The van der Waals surface area contributed by atoms with Crippen LogP contribution in [0, 0.1) is 0 Å². The SMILES string of the molecule is COc1ccc(C(C)CNCC2(O)CCCCC2)cc1.